The number of hydrogen-bond acceptors (Lipinski definition) is 4. The molecule has 1 N–H and O–H groups in total. The van der Waals surface area contributed by atoms with Crippen LogP contribution in [0.4, 0.5) is 5.69 Å². The summed E-state index contributed by atoms with van der Waals surface area (Å²) in [5.41, 5.74) is 1.80. The Kier molecular flexibility index (Phi) is 4.67. The Morgan fingerprint density at radius 1 is 1.21 bits per heavy atom. The van der Waals surface area contributed by atoms with Crippen LogP contribution in [-0.4, -0.2) is 44.0 Å². The van der Waals surface area contributed by atoms with E-state index in [9.17, 15) is 9.59 Å². The molecule has 0 aliphatic carbocycles. The number of nitrogens with one attached hydrogen (secondary N) is 1. The lowest BCUT2D eigenvalue weighted by Crippen LogP contribution is -2.39. The highest BCUT2D eigenvalue weighted by Crippen LogP contribution is 2.45. The minimum absolute atomic E-state index is 0.0257. The second kappa shape index (κ2) is 7.02. The van der Waals surface area contributed by atoms with Crippen LogP contribution in [0.3, 0.4) is 0 Å². The minimum Gasteiger partial charge on any atom is -0.497 e. The third kappa shape index (κ3) is 2.98. The summed E-state index contributed by atoms with van der Waals surface area (Å²) in [7, 11) is 3.15. The maximum Gasteiger partial charge on any atom is 0.237 e. The summed E-state index contributed by atoms with van der Waals surface area (Å²) in [5, 5.41) is 3.42. The van der Waals surface area contributed by atoms with E-state index in [-0.39, 0.29) is 18.2 Å². The number of likely N-dealkylation sites (tertiary alicyclic amines) is 1. The quantitative estimate of drug-likeness (QED) is 0.856. The van der Waals surface area contributed by atoms with E-state index in [0.29, 0.717) is 36.0 Å². The Morgan fingerprint density at radius 3 is 2.75 bits per heavy atom. The molecule has 1 fully saturated rings. The number of amides is 2. The number of nitrogens with zero attached hydrogens (tertiary/aromatic N) is 1. The fourth-order valence-corrected chi connectivity index (χ4v) is 4.33. The van der Waals surface area contributed by atoms with Crippen LogP contribution in [0.2, 0.25) is 5.02 Å². The molecule has 0 aromatic heterocycles. The highest BCUT2D eigenvalue weighted by atomic mass is 35.5. The van der Waals surface area contributed by atoms with Crippen molar-refractivity contribution >= 4 is 29.1 Å². The van der Waals surface area contributed by atoms with Crippen LogP contribution in [0.5, 0.6) is 11.5 Å². The Balaban J connectivity index is 1.54. The number of anilines is 1. The lowest BCUT2D eigenvalue weighted by Gasteiger charge is -2.23. The third-order valence-corrected chi connectivity index (χ3v) is 5.91. The Hall–Kier alpha value is -2.73. The molecule has 4 rings (SSSR count). The van der Waals surface area contributed by atoms with Crippen LogP contribution in [0.1, 0.15) is 17.5 Å². The van der Waals surface area contributed by atoms with Crippen LogP contribution < -0.4 is 14.8 Å². The number of carbonyl (C=O) groups excluding carboxylic acids is 2. The molecule has 0 bridgehead atoms. The smallest absolute Gasteiger partial charge is 0.237 e. The number of benzene rings is 2. The maximum absolute atomic E-state index is 12.9. The van der Waals surface area contributed by atoms with Crippen molar-refractivity contribution in [3.05, 3.63) is 52.5 Å². The van der Waals surface area contributed by atoms with E-state index in [0.717, 1.165) is 16.8 Å². The fourth-order valence-electron chi connectivity index (χ4n) is 4.05. The second-order valence-corrected chi connectivity index (χ2v) is 7.57. The van der Waals surface area contributed by atoms with E-state index in [1.54, 1.807) is 31.3 Å². The van der Waals surface area contributed by atoms with Gasteiger partial charge in [-0.15, -0.1) is 0 Å². The first kappa shape index (κ1) is 18.6. The topological polar surface area (TPSA) is 67.9 Å². The number of rotatable bonds is 4. The lowest BCUT2D eigenvalue weighted by molar-refractivity contribution is -0.129. The predicted octanol–water partition coefficient (Wildman–Crippen LogP) is 3.02. The molecule has 28 heavy (non-hydrogen) atoms. The molecular formula is C21H21ClN2O4. The van der Waals surface area contributed by atoms with Gasteiger partial charge >= 0.3 is 0 Å². The highest BCUT2D eigenvalue weighted by molar-refractivity contribution is 6.32. The molecule has 2 aromatic carbocycles. The molecule has 0 saturated carbocycles. The summed E-state index contributed by atoms with van der Waals surface area (Å²) < 4.78 is 10.5. The van der Waals surface area contributed by atoms with Crippen molar-refractivity contribution in [1.82, 2.24) is 4.90 Å². The van der Waals surface area contributed by atoms with Gasteiger partial charge in [-0.05, 0) is 47.9 Å². The van der Waals surface area contributed by atoms with Crippen LogP contribution in [0.25, 0.3) is 0 Å². The summed E-state index contributed by atoms with van der Waals surface area (Å²) in [6.07, 6.45) is 0.820. The van der Waals surface area contributed by atoms with E-state index >= 15 is 0 Å². The standard InChI is InChI=1S/C21H21ClN2O4/c1-27-14-4-5-17-15(11-14)21(20(26)23-17)7-8-24(12-21)19(25)10-13-3-6-18(28-2)16(22)9-13/h3-6,9,11H,7-8,10,12H2,1-2H3,(H,23,26). The summed E-state index contributed by atoms with van der Waals surface area (Å²) in [6.45, 7) is 0.897. The largest absolute Gasteiger partial charge is 0.497 e. The number of methoxy groups -OCH3 is 2. The normalized spacial score (nSPS) is 20.2. The SMILES string of the molecule is COc1ccc2c(c1)C1(CCN(C(=O)Cc3ccc(OC)c(Cl)c3)C1)C(=O)N2. The average Bonchev–Trinajstić information content (AvgIpc) is 3.25. The molecule has 1 spiro atoms. The van der Waals surface area contributed by atoms with Gasteiger partial charge in [0.1, 0.15) is 11.5 Å². The lowest BCUT2D eigenvalue weighted by atomic mass is 9.81. The molecule has 2 aliphatic heterocycles. The van der Waals surface area contributed by atoms with Crippen molar-refractivity contribution in [3.8, 4) is 11.5 Å². The van der Waals surface area contributed by atoms with E-state index in [4.69, 9.17) is 21.1 Å². The van der Waals surface area contributed by atoms with Gasteiger partial charge in [-0.3, -0.25) is 9.59 Å². The highest BCUT2D eigenvalue weighted by Gasteiger charge is 2.52. The predicted molar refractivity (Wildman–Crippen MR) is 106 cm³/mol. The molecule has 0 radical (unpaired) electrons. The van der Waals surface area contributed by atoms with Crippen molar-refractivity contribution in [2.24, 2.45) is 0 Å². The number of carbonyl (C=O) groups is 2. The van der Waals surface area contributed by atoms with Gasteiger partial charge in [-0.2, -0.15) is 0 Å². The molecule has 2 heterocycles. The van der Waals surface area contributed by atoms with Gasteiger partial charge in [-0.1, -0.05) is 17.7 Å². The minimum atomic E-state index is -0.711. The third-order valence-electron chi connectivity index (χ3n) is 5.62. The first-order valence-electron chi connectivity index (χ1n) is 9.07. The first-order chi connectivity index (χ1) is 13.5. The molecule has 6 nitrogen and oxygen atoms in total. The molecule has 1 saturated heterocycles. The van der Waals surface area contributed by atoms with Gasteiger partial charge < -0.3 is 19.7 Å². The number of fused-ring (bicyclic) bond motifs is 2. The first-order valence-corrected chi connectivity index (χ1v) is 9.45. The van der Waals surface area contributed by atoms with E-state index in [1.807, 2.05) is 24.3 Å². The van der Waals surface area contributed by atoms with Crippen molar-refractivity contribution in [3.63, 3.8) is 0 Å². The molecule has 2 amide bonds. The molecular weight excluding hydrogens is 380 g/mol. The molecule has 7 heteroatoms. The Morgan fingerprint density at radius 2 is 2.04 bits per heavy atom. The zero-order chi connectivity index (χ0) is 19.9. The number of halogens is 1. The molecule has 1 atom stereocenters. The van der Waals surface area contributed by atoms with Gasteiger partial charge in [-0.25, -0.2) is 0 Å². The van der Waals surface area contributed by atoms with Crippen LogP contribution >= 0.6 is 11.6 Å². The van der Waals surface area contributed by atoms with Crippen LogP contribution in [0.15, 0.2) is 36.4 Å². The molecule has 2 aliphatic rings. The summed E-state index contributed by atoms with van der Waals surface area (Å²) in [6, 6.07) is 10.9. The zero-order valence-electron chi connectivity index (χ0n) is 15.8. The van der Waals surface area contributed by atoms with Crippen molar-refractivity contribution in [1.29, 1.82) is 0 Å². The molecule has 146 valence electrons. The van der Waals surface area contributed by atoms with Gasteiger partial charge in [0, 0.05) is 18.8 Å². The molecule has 2 aromatic rings. The van der Waals surface area contributed by atoms with Crippen molar-refractivity contribution in [2.75, 3.05) is 32.6 Å². The van der Waals surface area contributed by atoms with Gasteiger partial charge in [0.15, 0.2) is 0 Å². The van der Waals surface area contributed by atoms with E-state index in [1.165, 1.54) is 0 Å². The number of ether oxygens (including phenoxy) is 2. The summed E-state index contributed by atoms with van der Waals surface area (Å²) >= 11 is 6.16. The summed E-state index contributed by atoms with van der Waals surface area (Å²) in [5.74, 6) is 1.19. The maximum atomic E-state index is 12.9. The van der Waals surface area contributed by atoms with Gasteiger partial charge in [0.05, 0.1) is 31.1 Å². The van der Waals surface area contributed by atoms with Crippen LogP contribution in [0, 0.1) is 0 Å². The van der Waals surface area contributed by atoms with Crippen molar-refractivity contribution < 1.29 is 19.1 Å². The zero-order valence-corrected chi connectivity index (χ0v) is 16.5. The fraction of sp³-hybridized carbons (Fsp3) is 0.333. The monoisotopic (exact) mass is 400 g/mol. The average molecular weight is 401 g/mol. The number of hydrogen-bond donors (Lipinski definition) is 1. The summed E-state index contributed by atoms with van der Waals surface area (Å²) in [4.78, 5) is 27.4. The van der Waals surface area contributed by atoms with Gasteiger partial charge in [0.2, 0.25) is 11.8 Å². The van der Waals surface area contributed by atoms with Gasteiger partial charge in [0.25, 0.3) is 0 Å². The van der Waals surface area contributed by atoms with E-state index in [2.05, 4.69) is 5.32 Å². The van der Waals surface area contributed by atoms with Crippen molar-refractivity contribution in [2.45, 2.75) is 18.3 Å². The Labute approximate surface area is 168 Å². The Bertz CT molecular complexity index is 961. The second-order valence-electron chi connectivity index (χ2n) is 7.16. The van der Waals surface area contributed by atoms with Crippen LogP contribution in [-0.2, 0) is 21.4 Å². The molecule has 1 unspecified atom stereocenters. The van der Waals surface area contributed by atoms with E-state index < -0.39 is 5.41 Å².